The fourth-order valence-corrected chi connectivity index (χ4v) is 4.20. The number of aromatic nitrogens is 4. The molecule has 3 N–H and O–H groups in total. The highest BCUT2D eigenvalue weighted by atomic mass is 35.5. The second-order valence-corrected chi connectivity index (χ2v) is 9.39. The highest BCUT2D eigenvalue weighted by Crippen LogP contribution is 2.35. The quantitative estimate of drug-likeness (QED) is 0.416. The minimum Gasteiger partial charge on any atom is -0.383 e. The largest absolute Gasteiger partial charge is 0.418 e. The second kappa shape index (κ2) is 10.6. The highest BCUT2D eigenvalue weighted by molar-refractivity contribution is 7.13. The first-order valence-electron chi connectivity index (χ1n) is 10.1. The van der Waals surface area contributed by atoms with Crippen LogP contribution >= 0.6 is 22.9 Å². The van der Waals surface area contributed by atoms with E-state index in [1.54, 1.807) is 6.92 Å². The number of nitrogen functional groups attached to an aromatic ring is 1. The molecule has 0 radical (unpaired) electrons. The van der Waals surface area contributed by atoms with Crippen LogP contribution < -0.4 is 11.1 Å². The molecule has 186 valence electrons. The van der Waals surface area contributed by atoms with Crippen molar-refractivity contribution in [1.29, 1.82) is 0 Å². The van der Waals surface area contributed by atoms with Crippen molar-refractivity contribution in [2.24, 2.45) is 0 Å². The van der Waals surface area contributed by atoms with Crippen LogP contribution in [-0.2, 0) is 12.7 Å². The Morgan fingerprint density at radius 3 is 2.57 bits per heavy atom. The standard InChI is InChI=1S/C21H21ClF3N7O2S/c1-10(4-14(33)17-11(8-32(2)3)18(26)30-9-29-17)20-28-7-15(35-20)19(34)31-16-5-12(21(23,24)25)13(22)6-27-16/h5-7,9-10H,4,8H2,1-3H3,(H2,26,29,30)(H,27,31,34). The van der Waals surface area contributed by atoms with Gasteiger partial charge in [0, 0.05) is 30.6 Å². The SMILES string of the molecule is CC(CC(=O)c1ncnc(N)c1CN(C)C)c1ncc(C(=O)Nc2cc(C(F)(F)F)c(Cl)cn2)s1. The van der Waals surface area contributed by atoms with Gasteiger partial charge >= 0.3 is 6.18 Å². The molecule has 3 rings (SSSR count). The molecule has 0 saturated heterocycles. The van der Waals surface area contributed by atoms with Crippen LogP contribution in [0.3, 0.4) is 0 Å². The van der Waals surface area contributed by atoms with E-state index in [9.17, 15) is 22.8 Å². The maximum absolute atomic E-state index is 13.0. The predicted molar refractivity (Wildman–Crippen MR) is 126 cm³/mol. The normalized spacial score (nSPS) is 12.6. The van der Waals surface area contributed by atoms with E-state index in [2.05, 4.69) is 25.3 Å². The first-order valence-corrected chi connectivity index (χ1v) is 11.3. The third-order valence-corrected chi connectivity index (χ3v) is 6.31. The smallest absolute Gasteiger partial charge is 0.383 e. The molecule has 0 aliphatic rings. The van der Waals surface area contributed by atoms with Crippen molar-refractivity contribution in [2.75, 3.05) is 25.1 Å². The molecule has 0 saturated carbocycles. The van der Waals surface area contributed by atoms with Crippen LogP contribution in [0, 0.1) is 0 Å². The third kappa shape index (κ3) is 6.50. The Bertz CT molecular complexity index is 1250. The Morgan fingerprint density at radius 1 is 1.20 bits per heavy atom. The first-order chi connectivity index (χ1) is 16.4. The van der Waals surface area contributed by atoms with Crippen LogP contribution in [0.25, 0.3) is 0 Å². The van der Waals surface area contributed by atoms with Gasteiger partial charge < -0.3 is 16.0 Å². The molecule has 9 nitrogen and oxygen atoms in total. The van der Waals surface area contributed by atoms with E-state index < -0.39 is 22.7 Å². The lowest BCUT2D eigenvalue weighted by Gasteiger charge is -2.15. The average molecular weight is 528 g/mol. The summed E-state index contributed by atoms with van der Waals surface area (Å²) in [6.45, 7) is 2.16. The number of nitrogens with zero attached hydrogens (tertiary/aromatic N) is 5. The van der Waals surface area contributed by atoms with Crippen molar-refractivity contribution in [2.45, 2.75) is 32.0 Å². The number of hydrogen-bond donors (Lipinski definition) is 2. The lowest BCUT2D eigenvalue weighted by atomic mass is 10.0. The zero-order valence-corrected chi connectivity index (χ0v) is 20.4. The Balaban J connectivity index is 1.72. The maximum atomic E-state index is 13.0. The van der Waals surface area contributed by atoms with Gasteiger partial charge in [-0.1, -0.05) is 18.5 Å². The summed E-state index contributed by atoms with van der Waals surface area (Å²) in [7, 11) is 3.66. The zero-order chi connectivity index (χ0) is 25.9. The van der Waals surface area contributed by atoms with E-state index in [0.717, 1.165) is 17.5 Å². The fraction of sp³-hybridized carbons (Fsp3) is 0.333. The Hall–Kier alpha value is -3.16. The number of ketones is 1. The summed E-state index contributed by atoms with van der Waals surface area (Å²) in [5.41, 5.74) is 5.57. The molecular weight excluding hydrogens is 507 g/mol. The molecule has 1 atom stereocenters. The maximum Gasteiger partial charge on any atom is 0.418 e. The molecule has 0 bridgehead atoms. The topological polar surface area (TPSA) is 127 Å². The summed E-state index contributed by atoms with van der Waals surface area (Å²) in [5, 5.41) is 2.23. The Kier molecular flexibility index (Phi) is 8.03. The molecule has 0 fully saturated rings. The minimum atomic E-state index is -4.69. The van der Waals surface area contributed by atoms with E-state index in [1.807, 2.05) is 19.0 Å². The van der Waals surface area contributed by atoms with Gasteiger partial charge in [0.05, 0.1) is 21.8 Å². The Morgan fingerprint density at radius 2 is 1.91 bits per heavy atom. The van der Waals surface area contributed by atoms with Crippen LogP contribution in [-0.4, -0.2) is 50.6 Å². The molecule has 0 spiro atoms. The van der Waals surface area contributed by atoms with Gasteiger partial charge in [0.1, 0.15) is 28.5 Å². The zero-order valence-electron chi connectivity index (χ0n) is 18.9. The van der Waals surface area contributed by atoms with Gasteiger partial charge in [-0.25, -0.2) is 19.9 Å². The van der Waals surface area contributed by atoms with Gasteiger partial charge in [0.25, 0.3) is 5.91 Å². The monoisotopic (exact) mass is 527 g/mol. The third-order valence-electron chi connectivity index (χ3n) is 4.78. The lowest BCUT2D eigenvalue weighted by molar-refractivity contribution is -0.137. The van der Waals surface area contributed by atoms with E-state index in [-0.39, 0.29) is 40.3 Å². The molecule has 0 aliphatic carbocycles. The summed E-state index contributed by atoms with van der Waals surface area (Å²) < 4.78 is 39.1. The van der Waals surface area contributed by atoms with E-state index in [4.69, 9.17) is 17.3 Å². The molecule has 1 unspecified atom stereocenters. The number of pyridine rings is 1. The molecule has 3 aromatic heterocycles. The van der Waals surface area contributed by atoms with Gasteiger partial charge in [-0.15, -0.1) is 11.3 Å². The number of Topliss-reactive ketones (excluding diaryl/α,β-unsaturated/α-hetero) is 1. The summed E-state index contributed by atoms with van der Waals surface area (Å²) in [6.07, 6.45) is -1.31. The van der Waals surface area contributed by atoms with Crippen molar-refractivity contribution in [3.63, 3.8) is 0 Å². The highest BCUT2D eigenvalue weighted by Gasteiger charge is 2.34. The number of rotatable bonds is 8. The van der Waals surface area contributed by atoms with Crippen LogP contribution in [0.15, 0.2) is 24.8 Å². The summed E-state index contributed by atoms with van der Waals surface area (Å²) in [4.78, 5) is 43.4. The van der Waals surface area contributed by atoms with Crippen molar-refractivity contribution < 1.29 is 22.8 Å². The van der Waals surface area contributed by atoms with E-state index >= 15 is 0 Å². The number of alkyl halides is 3. The van der Waals surface area contributed by atoms with Crippen LogP contribution in [0.5, 0.6) is 0 Å². The van der Waals surface area contributed by atoms with Crippen LogP contribution in [0.4, 0.5) is 24.8 Å². The number of carbonyl (C=O) groups is 2. The number of anilines is 2. The van der Waals surface area contributed by atoms with Gasteiger partial charge in [-0.2, -0.15) is 13.2 Å². The molecule has 0 aromatic carbocycles. The molecule has 0 aliphatic heterocycles. The van der Waals surface area contributed by atoms with Crippen LogP contribution in [0.1, 0.15) is 55.6 Å². The molecule has 35 heavy (non-hydrogen) atoms. The van der Waals surface area contributed by atoms with Crippen molar-refractivity contribution in [3.05, 3.63) is 56.5 Å². The molecular formula is C21H21ClF3N7O2S. The van der Waals surface area contributed by atoms with Gasteiger partial charge in [0.15, 0.2) is 5.78 Å². The van der Waals surface area contributed by atoms with E-state index in [1.165, 1.54) is 12.5 Å². The number of halogens is 4. The van der Waals surface area contributed by atoms with E-state index in [0.29, 0.717) is 23.2 Å². The Labute approximate surface area is 207 Å². The number of nitrogens with two attached hydrogens (primary N) is 1. The summed E-state index contributed by atoms with van der Waals surface area (Å²) in [6, 6.07) is 0.655. The van der Waals surface area contributed by atoms with Crippen LogP contribution in [0.2, 0.25) is 5.02 Å². The first kappa shape index (κ1) is 26.4. The number of nitrogens with one attached hydrogen (secondary N) is 1. The van der Waals surface area contributed by atoms with Gasteiger partial charge in [-0.05, 0) is 20.2 Å². The number of hydrogen-bond acceptors (Lipinski definition) is 9. The number of thiazole rings is 1. The van der Waals surface area contributed by atoms with Gasteiger partial charge in [-0.3, -0.25) is 9.59 Å². The molecule has 3 aromatic rings. The van der Waals surface area contributed by atoms with Crippen molar-refractivity contribution in [1.82, 2.24) is 24.8 Å². The lowest BCUT2D eigenvalue weighted by Crippen LogP contribution is -2.19. The predicted octanol–water partition coefficient (Wildman–Crippen LogP) is 4.27. The van der Waals surface area contributed by atoms with Crippen molar-refractivity contribution >= 4 is 46.3 Å². The average Bonchev–Trinajstić information content (AvgIpc) is 3.26. The fourth-order valence-electron chi connectivity index (χ4n) is 3.12. The van der Waals surface area contributed by atoms with Crippen molar-refractivity contribution in [3.8, 4) is 0 Å². The summed E-state index contributed by atoms with van der Waals surface area (Å²) >= 11 is 6.57. The minimum absolute atomic E-state index is 0.0547. The number of carbonyl (C=O) groups excluding carboxylic acids is 2. The summed E-state index contributed by atoms with van der Waals surface area (Å²) in [5.74, 6) is -1.38. The molecule has 1 amide bonds. The second-order valence-electron chi connectivity index (χ2n) is 7.92. The molecule has 3 heterocycles. The van der Waals surface area contributed by atoms with Gasteiger partial charge in [0.2, 0.25) is 0 Å². The number of amides is 1. The molecule has 14 heteroatoms.